The number of nitrogen functional groups attached to an aromatic ring is 1. The number of hydrogen-bond acceptors (Lipinski definition) is 4. The topological polar surface area (TPSA) is 38.5 Å². The predicted molar refractivity (Wildman–Crippen MR) is 87.6 cm³/mol. The third kappa shape index (κ3) is 4.10. The van der Waals surface area contributed by atoms with Crippen molar-refractivity contribution in [3.63, 3.8) is 0 Å². The van der Waals surface area contributed by atoms with Crippen LogP contribution in [0.25, 0.3) is 0 Å². The van der Waals surface area contributed by atoms with Crippen molar-refractivity contribution in [3.8, 4) is 0 Å². The molecule has 0 spiro atoms. The molecule has 110 valence electrons. The summed E-state index contributed by atoms with van der Waals surface area (Å²) in [4.78, 5) is 2.24. The first-order valence-electron chi connectivity index (χ1n) is 6.95. The highest BCUT2D eigenvalue weighted by Crippen LogP contribution is 2.35. The smallest absolute Gasteiger partial charge is 0.182 e. The van der Waals surface area contributed by atoms with Crippen LogP contribution in [0.1, 0.15) is 31.6 Å². The van der Waals surface area contributed by atoms with Gasteiger partial charge in [0.15, 0.2) is 5.88 Å². The summed E-state index contributed by atoms with van der Waals surface area (Å²) in [6.07, 6.45) is 0. The van der Waals surface area contributed by atoms with E-state index in [1.54, 1.807) is 0 Å². The van der Waals surface area contributed by atoms with E-state index < -0.39 is 0 Å². The molecule has 0 aromatic heterocycles. The number of thioether (sulfide) groups is 1. The lowest BCUT2D eigenvalue weighted by molar-refractivity contribution is 0.00376. The van der Waals surface area contributed by atoms with Gasteiger partial charge in [0, 0.05) is 29.8 Å². The molecule has 0 amide bonds. The lowest BCUT2D eigenvalue weighted by atomic mass is 10.1. The van der Waals surface area contributed by atoms with Gasteiger partial charge in [0.25, 0.3) is 0 Å². The summed E-state index contributed by atoms with van der Waals surface area (Å²) in [5.41, 5.74) is 7.68. The second-order valence-corrected chi connectivity index (χ2v) is 7.39. The van der Waals surface area contributed by atoms with Gasteiger partial charge in [-0.2, -0.15) is 11.8 Å². The standard InChI is InChI=1S/C16H24N2OS/c1-12(19-16(2,3)4)18-9-10-20-15(11-18)13-5-7-14(17)8-6-13/h5-8,15H,1,9-11,17H2,2-4H3. The van der Waals surface area contributed by atoms with E-state index in [9.17, 15) is 0 Å². The molecule has 1 saturated heterocycles. The Morgan fingerprint density at radius 1 is 1.35 bits per heavy atom. The fourth-order valence-electron chi connectivity index (χ4n) is 2.21. The summed E-state index contributed by atoms with van der Waals surface area (Å²) in [5.74, 6) is 1.86. The average Bonchev–Trinajstić information content (AvgIpc) is 2.38. The number of benzene rings is 1. The molecule has 4 heteroatoms. The van der Waals surface area contributed by atoms with Crippen LogP contribution in [-0.2, 0) is 4.74 Å². The van der Waals surface area contributed by atoms with E-state index in [0.29, 0.717) is 5.25 Å². The molecule has 1 aliphatic heterocycles. The van der Waals surface area contributed by atoms with Gasteiger partial charge in [0.05, 0.1) is 0 Å². The van der Waals surface area contributed by atoms with Gasteiger partial charge >= 0.3 is 0 Å². The van der Waals surface area contributed by atoms with Crippen molar-refractivity contribution in [3.05, 3.63) is 42.3 Å². The molecule has 2 rings (SSSR count). The molecule has 1 aromatic rings. The minimum atomic E-state index is -0.196. The summed E-state index contributed by atoms with van der Waals surface area (Å²) < 4.78 is 5.88. The van der Waals surface area contributed by atoms with Crippen molar-refractivity contribution >= 4 is 17.4 Å². The second kappa shape index (κ2) is 6.00. The van der Waals surface area contributed by atoms with E-state index in [4.69, 9.17) is 10.5 Å². The van der Waals surface area contributed by atoms with Crippen LogP contribution in [0.2, 0.25) is 0 Å². The number of ether oxygens (including phenoxy) is 1. The zero-order valence-electron chi connectivity index (χ0n) is 12.6. The highest BCUT2D eigenvalue weighted by molar-refractivity contribution is 7.99. The summed E-state index contributed by atoms with van der Waals surface area (Å²) in [6, 6.07) is 8.17. The molecular weight excluding hydrogens is 268 g/mol. The maximum atomic E-state index is 5.88. The second-order valence-electron chi connectivity index (χ2n) is 6.08. The Morgan fingerprint density at radius 2 is 2.00 bits per heavy atom. The van der Waals surface area contributed by atoms with Crippen molar-refractivity contribution in [2.75, 3.05) is 24.6 Å². The largest absolute Gasteiger partial charge is 0.474 e. The fraction of sp³-hybridized carbons (Fsp3) is 0.500. The summed E-state index contributed by atoms with van der Waals surface area (Å²) in [6.45, 7) is 12.2. The molecule has 0 bridgehead atoms. The molecule has 2 N–H and O–H groups in total. The Hall–Kier alpha value is -1.29. The summed E-state index contributed by atoms with van der Waals surface area (Å²) in [5, 5.41) is 0.449. The lowest BCUT2D eigenvalue weighted by Crippen LogP contribution is -2.36. The Balaban J connectivity index is 2.01. The number of nitrogens with zero attached hydrogens (tertiary/aromatic N) is 1. The summed E-state index contributed by atoms with van der Waals surface area (Å²) in [7, 11) is 0. The molecule has 1 heterocycles. The molecule has 0 saturated carbocycles. The Bertz CT molecular complexity index is 464. The van der Waals surface area contributed by atoms with Crippen LogP contribution in [0.5, 0.6) is 0 Å². The first-order chi connectivity index (χ1) is 9.35. The minimum absolute atomic E-state index is 0.196. The average molecular weight is 292 g/mol. The van der Waals surface area contributed by atoms with Crippen LogP contribution in [0.15, 0.2) is 36.7 Å². The molecule has 1 fully saturated rings. The number of anilines is 1. The molecule has 3 nitrogen and oxygen atoms in total. The first-order valence-corrected chi connectivity index (χ1v) is 8.00. The zero-order valence-corrected chi connectivity index (χ0v) is 13.4. The van der Waals surface area contributed by atoms with E-state index in [2.05, 4.69) is 23.6 Å². The van der Waals surface area contributed by atoms with Gasteiger partial charge in [0.2, 0.25) is 0 Å². The third-order valence-electron chi connectivity index (χ3n) is 3.15. The molecule has 1 aromatic carbocycles. The van der Waals surface area contributed by atoms with Gasteiger partial charge in [-0.3, -0.25) is 0 Å². The third-order valence-corrected chi connectivity index (χ3v) is 4.39. The normalized spacial score (nSPS) is 19.8. The molecule has 0 aliphatic carbocycles. The lowest BCUT2D eigenvalue weighted by Gasteiger charge is -2.37. The van der Waals surface area contributed by atoms with Crippen LogP contribution in [0.3, 0.4) is 0 Å². The van der Waals surface area contributed by atoms with E-state index in [-0.39, 0.29) is 5.60 Å². The van der Waals surface area contributed by atoms with Crippen molar-refractivity contribution in [2.24, 2.45) is 0 Å². The first kappa shape index (κ1) is 15.1. The van der Waals surface area contributed by atoms with Crippen molar-refractivity contribution in [2.45, 2.75) is 31.6 Å². The monoisotopic (exact) mass is 292 g/mol. The molecular formula is C16H24N2OS. The highest BCUT2D eigenvalue weighted by atomic mass is 32.2. The molecule has 1 aliphatic rings. The van der Waals surface area contributed by atoms with Crippen molar-refractivity contribution in [1.82, 2.24) is 4.90 Å². The van der Waals surface area contributed by atoms with Crippen molar-refractivity contribution in [1.29, 1.82) is 0 Å². The molecule has 1 atom stereocenters. The number of hydrogen-bond donors (Lipinski definition) is 1. The number of nitrogens with two attached hydrogens (primary N) is 1. The molecule has 20 heavy (non-hydrogen) atoms. The van der Waals surface area contributed by atoms with Crippen LogP contribution in [-0.4, -0.2) is 29.3 Å². The quantitative estimate of drug-likeness (QED) is 0.682. The Kier molecular flexibility index (Phi) is 4.53. The highest BCUT2D eigenvalue weighted by Gasteiger charge is 2.25. The van der Waals surface area contributed by atoms with Crippen LogP contribution < -0.4 is 5.73 Å². The van der Waals surface area contributed by atoms with Gasteiger partial charge in [-0.25, -0.2) is 0 Å². The Morgan fingerprint density at radius 3 is 2.60 bits per heavy atom. The van der Waals surface area contributed by atoms with E-state index in [1.165, 1.54) is 5.56 Å². The van der Waals surface area contributed by atoms with Gasteiger partial charge < -0.3 is 15.4 Å². The fourth-order valence-corrected chi connectivity index (χ4v) is 3.45. The zero-order chi connectivity index (χ0) is 14.8. The predicted octanol–water partition coefficient (Wildman–Crippen LogP) is 3.65. The SMILES string of the molecule is C=C(OC(C)(C)C)N1CCSC(c2ccc(N)cc2)C1. The maximum absolute atomic E-state index is 5.88. The van der Waals surface area contributed by atoms with Gasteiger partial charge in [-0.15, -0.1) is 0 Å². The van der Waals surface area contributed by atoms with Crippen LogP contribution >= 0.6 is 11.8 Å². The van der Waals surface area contributed by atoms with Gasteiger partial charge in [-0.1, -0.05) is 12.1 Å². The summed E-state index contributed by atoms with van der Waals surface area (Å²) >= 11 is 1.98. The van der Waals surface area contributed by atoms with E-state index in [1.807, 2.05) is 44.7 Å². The number of rotatable bonds is 3. The van der Waals surface area contributed by atoms with Crippen LogP contribution in [0, 0.1) is 0 Å². The molecule has 1 unspecified atom stereocenters. The van der Waals surface area contributed by atoms with E-state index in [0.717, 1.165) is 30.4 Å². The molecule has 0 radical (unpaired) electrons. The van der Waals surface area contributed by atoms with Gasteiger partial charge in [-0.05, 0) is 45.0 Å². The van der Waals surface area contributed by atoms with Crippen molar-refractivity contribution < 1.29 is 4.74 Å². The Labute approximate surface area is 126 Å². The van der Waals surface area contributed by atoms with Crippen LogP contribution in [0.4, 0.5) is 5.69 Å². The van der Waals surface area contributed by atoms with Gasteiger partial charge in [0.1, 0.15) is 5.60 Å². The van der Waals surface area contributed by atoms with E-state index >= 15 is 0 Å². The minimum Gasteiger partial charge on any atom is -0.474 e. The maximum Gasteiger partial charge on any atom is 0.182 e.